The van der Waals surface area contributed by atoms with Crippen molar-refractivity contribution < 1.29 is 4.74 Å². The Kier molecular flexibility index (Phi) is 4.77. The molecule has 4 heteroatoms. The van der Waals surface area contributed by atoms with Crippen LogP contribution < -0.4 is 0 Å². The number of nitrogens with zero attached hydrogens (tertiary/aromatic N) is 1. The normalized spacial score (nSPS) is 11.6. The van der Waals surface area contributed by atoms with Gasteiger partial charge in [-0.25, -0.2) is 0 Å². The van der Waals surface area contributed by atoms with E-state index in [0.29, 0.717) is 12.5 Å². The fourth-order valence-electron chi connectivity index (χ4n) is 2.06. The Morgan fingerprint density at radius 3 is 2.84 bits per heavy atom. The van der Waals surface area contributed by atoms with Gasteiger partial charge in [-0.15, -0.1) is 0 Å². The molecule has 1 heterocycles. The number of hydrogen-bond donors (Lipinski definition) is 1. The zero-order chi connectivity index (χ0) is 13.8. The summed E-state index contributed by atoms with van der Waals surface area (Å²) in [5, 5.41) is 0. The number of ether oxygens (including phenoxy) is 1. The number of hydrogen-bond acceptors (Lipinski definition) is 2. The number of aromatic nitrogens is 2. The van der Waals surface area contributed by atoms with Gasteiger partial charge in [0.1, 0.15) is 0 Å². The maximum atomic E-state index is 5.67. The molecule has 0 bridgehead atoms. The lowest BCUT2D eigenvalue weighted by Gasteiger charge is -2.08. The molecule has 0 amide bonds. The van der Waals surface area contributed by atoms with E-state index in [2.05, 4.69) is 48.5 Å². The molecule has 0 fully saturated rings. The Hall–Kier alpha value is -1.13. The highest BCUT2D eigenvalue weighted by Crippen LogP contribution is 2.15. The van der Waals surface area contributed by atoms with E-state index in [1.54, 1.807) is 0 Å². The molecule has 0 saturated heterocycles. The molecule has 0 spiro atoms. The van der Waals surface area contributed by atoms with Gasteiger partial charge in [-0.3, -0.25) is 0 Å². The van der Waals surface area contributed by atoms with Gasteiger partial charge in [0.05, 0.1) is 17.6 Å². The van der Waals surface area contributed by atoms with Crippen LogP contribution in [0.25, 0.3) is 11.0 Å². The number of benzene rings is 1. The molecule has 1 aromatic carbocycles. The summed E-state index contributed by atoms with van der Waals surface area (Å²) in [5.74, 6) is 0.693. The zero-order valence-electron chi connectivity index (χ0n) is 11.9. The van der Waals surface area contributed by atoms with Gasteiger partial charge in [0.2, 0.25) is 0 Å². The van der Waals surface area contributed by atoms with Crippen molar-refractivity contribution in [1.82, 2.24) is 9.55 Å². The minimum atomic E-state index is 0.693. The number of fused-ring (bicyclic) bond motifs is 1. The monoisotopic (exact) mass is 278 g/mol. The van der Waals surface area contributed by atoms with Gasteiger partial charge >= 0.3 is 0 Å². The van der Waals surface area contributed by atoms with Gasteiger partial charge < -0.3 is 14.3 Å². The SMILES string of the molecule is Cc1ccc2[nH]c(=S)n(CCOCCC(C)C)c2c1. The molecule has 2 aromatic rings. The third-order valence-electron chi connectivity index (χ3n) is 3.23. The van der Waals surface area contributed by atoms with Gasteiger partial charge in [0.15, 0.2) is 4.77 Å². The van der Waals surface area contributed by atoms with E-state index in [-0.39, 0.29) is 0 Å². The van der Waals surface area contributed by atoms with Crippen LogP contribution in [0.15, 0.2) is 18.2 Å². The number of imidazole rings is 1. The molecular weight excluding hydrogens is 256 g/mol. The summed E-state index contributed by atoms with van der Waals surface area (Å²) in [4.78, 5) is 3.24. The van der Waals surface area contributed by atoms with Gasteiger partial charge in [-0.1, -0.05) is 19.9 Å². The first kappa shape index (κ1) is 14.3. The molecule has 104 valence electrons. The van der Waals surface area contributed by atoms with Crippen LogP contribution in [-0.2, 0) is 11.3 Å². The lowest BCUT2D eigenvalue weighted by Crippen LogP contribution is -2.08. The van der Waals surface area contributed by atoms with Crippen molar-refractivity contribution in [3.05, 3.63) is 28.5 Å². The Morgan fingerprint density at radius 2 is 2.11 bits per heavy atom. The second-order valence-corrected chi connectivity index (χ2v) is 5.78. The van der Waals surface area contributed by atoms with Crippen LogP contribution in [0, 0.1) is 17.6 Å². The summed E-state index contributed by atoms with van der Waals surface area (Å²) in [6.07, 6.45) is 1.11. The van der Waals surface area contributed by atoms with E-state index in [9.17, 15) is 0 Å². The van der Waals surface area contributed by atoms with E-state index in [1.807, 2.05) is 0 Å². The Labute approximate surface area is 119 Å². The highest BCUT2D eigenvalue weighted by Gasteiger charge is 2.04. The topological polar surface area (TPSA) is 29.9 Å². The number of aromatic amines is 1. The Balaban J connectivity index is 2.02. The Bertz CT molecular complexity index is 598. The third kappa shape index (κ3) is 3.67. The van der Waals surface area contributed by atoms with Crippen LogP contribution in [-0.4, -0.2) is 22.8 Å². The van der Waals surface area contributed by atoms with Gasteiger partial charge in [0.25, 0.3) is 0 Å². The molecule has 1 aromatic heterocycles. The van der Waals surface area contributed by atoms with E-state index >= 15 is 0 Å². The number of H-pyrrole nitrogens is 1. The number of aryl methyl sites for hydroxylation is 1. The number of rotatable bonds is 6. The van der Waals surface area contributed by atoms with E-state index in [4.69, 9.17) is 17.0 Å². The molecular formula is C15H22N2OS. The molecule has 0 unspecified atom stereocenters. The standard InChI is InChI=1S/C15H22N2OS/c1-11(2)6-8-18-9-7-17-14-10-12(3)4-5-13(14)16-15(17)19/h4-5,10-11H,6-9H2,1-3H3,(H,16,19). The lowest BCUT2D eigenvalue weighted by atomic mass is 10.1. The average molecular weight is 278 g/mol. The molecule has 2 rings (SSSR count). The molecule has 0 aliphatic heterocycles. The highest BCUT2D eigenvalue weighted by atomic mass is 32.1. The van der Waals surface area contributed by atoms with Crippen molar-refractivity contribution in [2.24, 2.45) is 5.92 Å². The van der Waals surface area contributed by atoms with Crippen LogP contribution >= 0.6 is 12.2 Å². The van der Waals surface area contributed by atoms with Crippen molar-refractivity contribution >= 4 is 23.3 Å². The zero-order valence-corrected chi connectivity index (χ0v) is 12.7. The minimum Gasteiger partial charge on any atom is -0.380 e. The van der Waals surface area contributed by atoms with Crippen molar-refractivity contribution in [3.8, 4) is 0 Å². The molecule has 0 radical (unpaired) electrons. The molecule has 0 aliphatic carbocycles. The van der Waals surface area contributed by atoms with Crippen LogP contribution in [0.1, 0.15) is 25.8 Å². The van der Waals surface area contributed by atoms with Gasteiger partial charge in [0, 0.05) is 13.2 Å². The maximum Gasteiger partial charge on any atom is 0.178 e. The van der Waals surface area contributed by atoms with Crippen LogP contribution in [0.4, 0.5) is 0 Å². The van der Waals surface area contributed by atoms with E-state index in [1.165, 1.54) is 5.56 Å². The highest BCUT2D eigenvalue weighted by molar-refractivity contribution is 7.71. The summed E-state index contributed by atoms with van der Waals surface area (Å²) in [6, 6.07) is 6.34. The second-order valence-electron chi connectivity index (χ2n) is 5.40. The first-order valence-corrected chi connectivity index (χ1v) is 7.25. The van der Waals surface area contributed by atoms with Crippen LogP contribution in [0.3, 0.4) is 0 Å². The Morgan fingerprint density at radius 1 is 1.32 bits per heavy atom. The fourth-order valence-corrected chi connectivity index (χ4v) is 2.36. The van der Waals surface area contributed by atoms with Gasteiger partial charge in [-0.05, 0) is 49.2 Å². The fraction of sp³-hybridized carbons (Fsp3) is 0.533. The smallest absolute Gasteiger partial charge is 0.178 e. The largest absolute Gasteiger partial charge is 0.380 e. The molecule has 3 nitrogen and oxygen atoms in total. The van der Waals surface area contributed by atoms with Crippen LogP contribution in [0.2, 0.25) is 0 Å². The maximum absolute atomic E-state index is 5.67. The lowest BCUT2D eigenvalue weighted by molar-refractivity contribution is 0.116. The van der Waals surface area contributed by atoms with Crippen molar-refractivity contribution in [1.29, 1.82) is 0 Å². The summed E-state index contributed by atoms with van der Waals surface area (Å²) < 4.78 is 8.56. The summed E-state index contributed by atoms with van der Waals surface area (Å²) in [5.41, 5.74) is 3.51. The second kappa shape index (κ2) is 6.35. The van der Waals surface area contributed by atoms with Crippen molar-refractivity contribution in [2.75, 3.05) is 13.2 Å². The molecule has 1 N–H and O–H groups in total. The molecule has 0 saturated carbocycles. The van der Waals surface area contributed by atoms with Crippen molar-refractivity contribution in [2.45, 2.75) is 33.7 Å². The van der Waals surface area contributed by atoms with Gasteiger partial charge in [-0.2, -0.15) is 0 Å². The predicted octanol–water partition coefficient (Wildman–Crippen LogP) is 4.07. The van der Waals surface area contributed by atoms with E-state index < -0.39 is 0 Å². The summed E-state index contributed by atoms with van der Waals surface area (Å²) >= 11 is 5.37. The van der Waals surface area contributed by atoms with Crippen molar-refractivity contribution in [3.63, 3.8) is 0 Å². The number of nitrogens with one attached hydrogen (secondary N) is 1. The third-order valence-corrected chi connectivity index (χ3v) is 3.55. The molecule has 0 aliphatic rings. The first-order valence-electron chi connectivity index (χ1n) is 6.85. The summed E-state index contributed by atoms with van der Waals surface area (Å²) in [6.45, 7) is 8.86. The molecule has 0 atom stereocenters. The quantitative estimate of drug-likeness (QED) is 0.637. The van der Waals surface area contributed by atoms with E-state index in [0.717, 1.165) is 35.4 Å². The van der Waals surface area contributed by atoms with Crippen LogP contribution in [0.5, 0.6) is 0 Å². The summed E-state index contributed by atoms with van der Waals surface area (Å²) in [7, 11) is 0. The average Bonchev–Trinajstić information content (AvgIpc) is 2.65. The predicted molar refractivity (Wildman–Crippen MR) is 82.1 cm³/mol. The molecule has 19 heavy (non-hydrogen) atoms. The minimum absolute atomic E-state index is 0.693. The first-order chi connectivity index (χ1) is 9.08.